The van der Waals surface area contributed by atoms with Gasteiger partial charge in [-0.3, -0.25) is 10.2 Å². The number of amides is 1. The summed E-state index contributed by atoms with van der Waals surface area (Å²) in [5.41, 5.74) is 9.40. The van der Waals surface area contributed by atoms with Crippen molar-refractivity contribution in [2.45, 2.75) is 17.4 Å². The van der Waals surface area contributed by atoms with E-state index in [0.29, 0.717) is 30.8 Å². The van der Waals surface area contributed by atoms with Gasteiger partial charge in [0.1, 0.15) is 5.84 Å². The summed E-state index contributed by atoms with van der Waals surface area (Å²) < 4.78 is 23.8. The first-order valence-electron chi connectivity index (χ1n) is 10.9. The van der Waals surface area contributed by atoms with Crippen LogP contribution >= 0.6 is 0 Å². The van der Waals surface area contributed by atoms with E-state index >= 15 is 0 Å². The number of hydrogen-bond acceptors (Lipinski definition) is 5. The lowest BCUT2D eigenvalue weighted by Gasteiger charge is -2.19. The number of rotatable bonds is 7. The second-order valence-electron chi connectivity index (χ2n) is 8.37. The first-order valence-corrected chi connectivity index (χ1v) is 12.4. The van der Waals surface area contributed by atoms with E-state index in [-0.39, 0.29) is 28.5 Å². The molecule has 176 valence electrons. The fourth-order valence-corrected chi connectivity index (χ4v) is 5.08. The van der Waals surface area contributed by atoms with E-state index in [4.69, 9.17) is 16.3 Å². The Morgan fingerprint density at radius 1 is 1.03 bits per heavy atom. The topological polar surface area (TPSA) is 151 Å². The van der Waals surface area contributed by atoms with Gasteiger partial charge in [0.2, 0.25) is 15.9 Å². The molecular formula is C25H27N5O3S. The molecule has 0 saturated carbocycles. The van der Waals surface area contributed by atoms with Crippen LogP contribution in [0.1, 0.15) is 22.6 Å². The summed E-state index contributed by atoms with van der Waals surface area (Å²) in [6.45, 7) is 1.61. The lowest BCUT2D eigenvalue weighted by Crippen LogP contribution is -2.34. The first kappa shape index (κ1) is 23.6. The molecule has 0 bridgehead atoms. The summed E-state index contributed by atoms with van der Waals surface area (Å²) in [4.78, 5) is 13.0. The van der Waals surface area contributed by atoms with Crippen LogP contribution in [0, 0.1) is 11.3 Å². The van der Waals surface area contributed by atoms with Crippen molar-refractivity contribution in [3.8, 4) is 11.1 Å². The molecule has 1 heterocycles. The lowest BCUT2D eigenvalue weighted by molar-refractivity contribution is -0.125. The highest BCUT2D eigenvalue weighted by Gasteiger charge is 2.34. The van der Waals surface area contributed by atoms with Crippen LogP contribution in [0.25, 0.3) is 11.1 Å². The number of carbonyl (C=O) groups excluding carboxylic acids is 1. The van der Waals surface area contributed by atoms with Gasteiger partial charge in [-0.1, -0.05) is 60.7 Å². The monoisotopic (exact) mass is 477 g/mol. The minimum Gasteiger partial charge on any atom is -0.384 e. The van der Waals surface area contributed by atoms with Crippen molar-refractivity contribution >= 4 is 21.8 Å². The summed E-state index contributed by atoms with van der Waals surface area (Å²) in [5, 5.41) is 19.3. The number of carbonyl (C=O) groups is 1. The first-order chi connectivity index (χ1) is 16.2. The zero-order valence-corrected chi connectivity index (χ0v) is 19.3. The van der Waals surface area contributed by atoms with Crippen LogP contribution in [0.3, 0.4) is 0 Å². The predicted octanol–water partition coefficient (Wildman–Crippen LogP) is 1.90. The van der Waals surface area contributed by atoms with Crippen molar-refractivity contribution in [2.24, 2.45) is 16.8 Å². The van der Waals surface area contributed by atoms with Gasteiger partial charge in [0.15, 0.2) is 0 Å². The molecule has 0 aromatic heterocycles. The molecule has 4 rings (SSSR count). The predicted molar refractivity (Wildman–Crippen MR) is 132 cm³/mol. The zero-order chi connectivity index (χ0) is 24.3. The molecule has 2 atom stereocenters. The van der Waals surface area contributed by atoms with E-state index in [1.165, 1.54) is 6.07 Å². The van der Waals surface area contributed by atoms with Crippen molar-refractivity contribution in [3.05, 3.63) is 89.5 Å². The maximum atomic E-state index is 13.0. The Morgan fingerprint density at radius 3 is 2.47 bits per heavy atom. The van der Waals surface area contributed by atoms with Crippen molar-refractivity contribution in [1.82, 2.24) is 10.6 Å². The molecule has 1 amide bonds. The lowest BCUT2D eigenvalue weighted by atomic mass is 9.87. The number of hydrogen-bond donors (Lipinski definition) is 5. The Hall–Kier alpha value is -3.53. The van der Waals surface area contributed by atoms with Gasteiger partial charge in [-0.15, -0.1) is 0 Å². The minimum atomic E-state index is -3.84. The van der Waals surface area contributed by atoms with Gasteiger partial charge in [0.25, 0.3) is 0 Å². The van der Waals surface area contributed by atoms with Gasteiger partial charge in [-0.2, -0.15) is 0 Å². The van der Waals surface area contributed by atoms with Crippen LogP contribution in [0.4, 0.5) is 0 Å². The zero-order valence-electron chi connectivity index (χ0n) is 18.5. The van der Waals surface area contributed by atoms with Gasteiger partial charge >= 0.3 is 0 Å². The molecule has 3 aromatic rings. The van der Waals surface area contributed by atoms with E-state index in [0.717, 1.165) is 16.7 Å². The van der Waals surface area contributed by atoms with Crippen LogP contribution in [0.5, 0.6) is 0 Å². The summed E-state index contributed by atoms with van der Waals surface area (Å²) >= 11 is 0. The Labute approximate surface area is 198 Å². The van der Waals surface area contributed by atoms with Crippen molar-refractivity contribution in [1.29, 1.82) is 5.41 Å². The summed E-state index contributed by atoms with van der Waals surface area (Å²) in [6.07, 6.45) is 0. The largest absolute Gasteiger partial charge is 0.384 e. The van der Waals surface area contributed by atoms with Crippen LogP contribution in [-0.4, -0.2) is 33.3 Å². The Bertz CT molecular complexity index is 1320. The Balaban J connectivity index is 1.44. The quantitative estimate of drug-likeness (QED) is 0.260. The molecule has 1 aliphatic rings. The fraction of sp³-hybridized carbons (Fsp3) is 0.200. The third-order valence-electron chi connectivity index (χ3n) is 6.10. The summed E-state index contributed by atoms with van der Waals surface area (Å²) in [5.74, 6) is -0.282. The van der Waals surface area contributed by atoms with Gasteiger partial charge < -0.3 is 16.4 Å². The normalized spacial score (nSPS) is 17.9. The molecule has 8 nitrogen and oxygen atoms in total. The Kier molecular flexibility index (Phi) is 6.78. The van der Waals surface area contributed by atoms with E-state index in [2.05, 4.69) is 10.6 Å². The number of benzene rings is 3. The molecule has 3 aromatic carbocycles. The SMILES string of the molecule is N=C(N)c1cccc([C@H]2CNC[C@@H]2C(=O)NCc2ccc(-c3ccccc3S(N)(=O)=O)cc2)c1. The number of nitrogens with two attached hydrogens (primary N) is 2. The van der Waals surface area contributed by atoms with Crippen LogP contribution in [0.15, 0.2) is 77.7 Å². The van der Waals surface area contributed by atoms with E-state index < -0.39 is 10.0 Å². The minimum absolute atomic E-state index is 0.00334. The number of nitrogen functional groups attached to an aromatic ring is 1. The molecule has 1 saturated heterocycles. The van der Waals surface area contributed by atoms with Gasteiger partial charge in [0, 0.05) is 36.7 Å². The standard InChI is InChI=1S/C25H27N5O3S/c26-24(27)19-5-3-4-18(12-19)21-14-29-15-22(21)25(31)30-13-16-8-10-17(11-9-16)20-6-1-2-7-23(20)34(28,32)33/h1-12,21-22,29H,13-15H2,(H3,26,27)(H,30,31)(H2,28,32,33)/t21-,22+/m1/s1. The summed E-state index contributed by atoms with van der Waals surface area (Å²) in [7, 11) is -3.84. The molecule has 0 spiro atoms. The van der Waals surface area contributed by atoms with Crippen LogP contribution in [-0.2, 0) is 21.4 Å². The molecule has 1 fully saturated rings. The van der Waals surface area contributed by atoms with Crippen LogP contribution in [0.2, 0.25) is 0 Å². The highest BCUT2D eigenvalue weighted by Crippen LogP contribution is 2.29. The van der Waals surface area contributed by atoms with Crippen molar-refractivity contribution in [3.63, 3.8) is 0 Å². The number of nitrogens with one attached hydrogen (secondary N) is 3. The summed E-state index contributed by atoms with van der Waals surface area (Å²) in [6, 6.07) is 21.4. The van der Waals surface area contributed by atoms with Gasteiger partial charge in [-0.05, 0) is 28.8 Å². The van der Waals surface area contributed by atoms with Gasteiger partial charge in [0.05, 0.1) is 10.8 Å². The van der Waals surface area contributed by atoms with Crippen molar-refractivity contribution in [2.75, 3.05) is 13.1 Å². The number of primary sulfonamides is 1. The molecule has 1 aliphatic heterocycles. The highest BCUT2D eigenvalue weighted by molar-refractivity contribution is 7.89. The highest BCUT2D eigenvalue weighted by atomic mass is 32.2. The number of sulfonamides is 1. The Morgan fingerprint density at radius 2 is 1.76 bits per heavy atom. The molecule has 0 unspecified atom stereocenters. The third-order valence-corrected chi connectivity index (χ3v) is 7.07. The average molecular weight is 478 g/mol. The maximum absolute atomic E-state index is 13.0. The smallest absolute Gasteiger partial charge is 0.238 e. The third kappa shape index (κ3) is 5.17. The molecule has 34 heavy (non-hydrogen) atoms. The van der Waals surface area contributed by atoms with E-state index in [9.17, 15) is 13.2 Å². The molecule has 0 aliphatic carbocycles. The maximum Gasteiger partial charge on any atom is 0.238 e. The molecular weight excluding hydrogens is 450 g/mol. The van der Waals surface area contributed by atoms with Gasteiger partial charge in [-0.25, -0.2) is 13.6 Å². The number of amidine groups is 1. The second-order valence-corrected chi connectivity index (χ2v) is 9.90. The van der Waals surface area contributed by atoms with Crippen LogP contribution < -0.4 is 21.5 Å². The van der Waals surface area contributed by atoms with E-state index in [1.54, 1.807) is 24.3 Å². The molecule has 9 heteroatoms. The second kappa shape index (κ2) is 9.76. The average Bonchev–Trinajstić information content (AvgIpc) is 3.33. The molecule has 7 N–H and O–H groups in total. The fourth-order valence-electron chi connectivity index (χ4n) is 4.32. The van der Waals surface area contributed by atoms with E-state index in [1.807, 2.05) is 42.5 Å². The molecule has 0 radical (unpaired) electrons. The van der Waals surface area contributed by atoms with Crippen molar-refractivity contribution < 1.29 is 13.2 Å².